The topological polar surface area (TPSA) is 107 Å². The van der Waals surface area contributed by atoms with Crippen molar-refractivity contribution in [3.63, 3.8) is 0 Å². The SMILES string of the molecule is NNc1nc(Sc2ccccn2)nc(-n2ccnc2)n1. The molecule has 0 bridgehead atoms. The molecule has 0 unspecified atom stereocenters. The van der Waals surface area contributed by atoms with Crippen LogP contribution in [0.5, 0.6) is 0 Å². The maximum atomic E-state index is 5.38. The van der Waals surface area contributed by atoms with Crippen LogP contribution in [0, 0.1) is 0 Å². The summed E-state index contributed by atoms with van der Waals surface area (Å²) in [6, 6.07) is 5.62. The molecule has 0 fully saturated rings. The molecule has 0 aliphatic carbocycles. The van der Waals surface area contributed by atoms with Gasteiger partial charge in [0, 0.05) is 18.6 Å². The summed E-state index contributed by atoms with van der Waals surface area (Å²) in [5.41, 5.74) is 2.43. The first-order valence-corrected chi connectivity index (χ1v) is 6.47. The number of hydrogen-bond donors (Lipinski definition) is 2. The Morgan fingerprint density at radius 1 is 1.15 bits per heavy atom. The Hall–Kier alpha value is -2.52. The lowest BCUT2D eigenvalue weighted by molar-refractivity contribution is 0.823. The number of nitrogens with one attached hydrogen (secondary N) is 1. The number of aromatic nitrogens is 6. The van der Waals surface area contributed by atoms with Gasteiger partial charge in [-0.15, -0.1) is 0 Å². The van der Waals surface area contributed by atoms with Gasteiger partial charge in [0.1, 0.15) is 11.4 Å². The molecule has 3 rings (SSSR count). The maximum absolute atomic E-state index is 5.38. The molecule has 0 spiro atoms. The minimum atomic E-state index is 0.280. The number of pyridine rings is 1. The van der Waals surface area contributed by atoms with Crippen LogP contribution in [-0.2, 0) is 0 Å². The van der Waals surface area contributed by atoms with Crippen molar-refractivity contribution in [1.82, 2.24) is 29.5 Å². The number of rotatable bonds is 4. The molecule has 3 aromatic heterocycles. The first-order chi connectivity index (χ1) is 9.85. The lowest BCUT2D eigenvalue weighted by atomic mass is 10.5. The van der Waals surface area contributed by atoms with Crippen molar-refractivity contribution >= 4 is 17.7 Å². The van der Waals surface area contributed by atoms with E-state index >= 15 is 0 Å². The Bertz CT molecular complexity index is 685. The monoisotopic (exact) mass is 286 g/mol. The molecule has 3 heterocycles. The normalized spacial score (nSPS) is 10.4. The van der Waals surface area contributed by atoms with E-state index in [1.165, 1.54) is 11.8 Å². The Morgan fingerprint density at radius 3 is 2.80 bits per heavy atom. The molecule has 8 nitrogen and oxygen atoms in total. The second kappa shape index (κ2) is 5.63. The minimum absolute atomic E-state index is 0.280. The van der Waals surface area contributed by atoms with Gasteiger partial charge in [0.05, 0.1) is 0 Å². The highest BCUT2D eigenvalue weighted by Crippen LogP contribution is 2.23. The van der Waals surface area contributed by atoms with E-state index in [0.717, 1.165) is 5.03 Å². The average Bonchev–Trinajstić information content (AvgIpc) is 3.02. The Balaban J connectivity index is 1.96. The van der Waals surface area contributed by atoms with Crippen LogP contribution >= 0.6 is 11.8 Å². The number of hydrazine groups is 1. The van der Waals surface area contributed by atoms with Gasteiger partial charge in [0.2, 0.25) is 17.1 Å². The van der Waals surface area contributed by atoms with Crippen LogP contribution in [0.15, 0.2) is 53.3 Å². The molecule has 0 saturated heterocycles. The maximum Gasteiger partial charge on any atom is 0.242 e. The fourth-order valence-electron chi connectivity index (χ4n) is 1.45. The highest BCUT2D eigenvalue weighted by atomic mass is 32.2. The fourth-order valence-corrected chi connectivity index (χ4v) is 2.16. The Morgan fingerprint density at radius 2 is 2.10 bits per heavy atom. The Labute approximate surface area is 118 Å². The van der Waals surface area contributed by atoms with E-state index in [4.69, 9.17) is 5.84 Å². The molecule has 20 heavy (non-hydrogen) atoms. The van der Waals surface area contributed by atoms with Gasteiger partial charge in [-0.25, -0.2) is 15.8 Å². The van der Waals surface area contributed by atoms with E-state index in [1.54, 1.807) is 29.5 Å². The van der Waals surface area contributed by atoms with Gasteiger partial charge < -0.3 is 0 Å². The van der Waals surface area contributed by atoms with Crippen molar-refractivity contribution in [2.75, 3.05) is 5.43 Å². The first kappa shape index (κ1) is 12.5. The largest absolute Gasteiger partial charge is 0.292 e. The summed E-state index contributed by atoms with van der Waals surface area (Å²) in [4.78, 5) is 20.9. The quantitative estimate of drug-likeness (QED) is 0.538. The number of nitrogens with two attached hydrogens (primary N) is 1. The molecular weight excluding hydrogens is 276 g/mol. The van der Waals surface area contributed by atoms with Gasteiger partial charge in [0.25, 0.3) is 0 Å². The standard InChI is InChI=1S/C11H10N8S/c12-18-9-15-10(19-6-5-13-7-19)17-11(16-9)20-8-3-1-2-4-14-8/h1-7H,12H2,(H,15,16,17,18). The van der Waals surface area contributed by atoms with Gasteiger partial charge >= 0.3 is 0 Å². The average molecular weight is 286 g/mol. The molecule has 0 atom stereocenters. The lowest BCUT2D eigenvalue weighted by Gasteiger charge is -2.06. The molecule has 0 aromatic carbocycles. The Kier molecular flexibility index (Phi) is 3.52. The van der Waals surface area contributed by atoms with Crippen molar-refractivity contribution < 1.29 is 0 Å². The summed E-state index contributed by atoms with van der Waals surface area (Å²) in [6.07, 6.45) is 6.70. The molecule has 9 heteroatoms. The molecule has 100 valence electrons. The summed E-state index contributed by atoms with van der Waals surface area (Å²) in [5, 5.41) is 1.29. The van der Waals surface area contributed by atoms with Crippen LogP contribution in [0.25, 0.3) is 5.95 Å². The van der Waals surface area contributed by atoms with Gasteiger partial charge in [0.15, 0.2) is 0 Å². The van der Waals surface area contributed by atoms with Crippen LogP contribution in [0.1, 0.15) is 0 Å². The van der Waals surface area contributed by atoms with Gasteiger partial charge in [-0.05, 0) is 23.9 Å². The number of nitrogens with zero attached hydrogens (tertiary/aromatic N) is 6. The van der Waals surface area contributed by atoms with Crippen molar-refractivity contribution in [3.8, 4) is 5.95 Å². The third kappa shape index (κ3) is 2.73. The van der Waals surface area contributed by atoms with Crippen LogP contribution in [-0.4, -0.2) is 29.5 Å². The molecule has 0 saturated carbocycles. The second-order valence-electron chi connectivity index (χ2n) is 3.63. The number of nitrogen functional groups attached to an aromatic ring is 1. The minimum Gasteiger partial charge on any atom is -0.292 e. The first-order valence-electron chi connectivity index (χ1n) is 5.65. The molecule has 0 amide bonds. The number of anilines is 1. The smallest absolute Gasteiger partial charge is 0.242 e. The zero-order chi connectivity index (χ0) is 13.8. The van der Waals surface area contributed by atoms with E-state index in [-0.39, 0.29) is 5.95 Å². The van der Waals surface area contributed by atoms with E-state index in [2.05, 4.69) is 30.3 Å². The zero-order valence-corrected chi connectivity index (χ0v) is 11.0. The van der Waals surface area contributed by atoms with Gasteiger partial charge in [-0.3, -0.25) is 9.99 Å². The fraction of sp³-hybridized carbons (Fsp3) is 0. The van der Waals surface area contributed by atoms with E-state index in [1.807, 2.05) is 18.2 Å². The van der Waals surface area contributed by atoms with E-state index < -0.39 is 0 Å². The number of hydrogen-bond acceptors (Lipinski definition) is 8. The zero-order valence-electron chi connectivity index (χ0n) is 10.2. The highest BCUT2D eigenvalue weighted by Gasteiger charge is 2.09. The third-order valence-corrected chi connectivity index (χ3v) is 3.12. The van der Waals surface area contributed by atoms with Crippen molar-refractivity contribution in [2.24, 2.45) is 5.84 Å². The van der Waals surface area contributed by atoms with Crippen LogP contribution in [0.3, 0.4) is 0 Å². The molecule has 3 aromatic rings. The predicted octanol–water partition coefficient (Wildman–Crippen LogP) is 0.889. The number of imidazole rings is 1. The van der Waals surface area contributed by atoms with E-state index in [9.17, 15) is 0 Å². The predicted molar refractivity (Wildman–Crippen MR) is 73.1 cm³/mol. The van der Waals surface area contributed by atoms with Crippen molar-refractivity contribution in [2.45, 2.75) is 10.2 Å². The van der Waals surface area contributed by atoms with Crippen molar-refractivity contribution in [3.05, 3.63) is 43.1 Å². The lowest BCUT2D eigenvalue weighted by Crippen LogP contribution is -2.13. The van der Waals surface area contributed by atoms with Crippen LogP contribution in [0.4, 0.5) is 5.95 Å². The summed E-state index contributed by atoms with van der Waals surface area (Å²) < 4.78 is 1.67. The van der Waals surface area contributed by atoms with E-state index in [0.29, 0.717) is 11.1 Å². The second-order valence-corrected chi connectivity index (χ2v) is 4.61. The van der Waals surface area contributed by atoms with Gasteiger partial charge in [-0.2, -0.15) is 15.0 Å². The summed E-state index contributed by atoms with van der Waals surface area (Å²) >= 11 is 1.33. The van der Waals surface area contributed by atoms with Crippen molar-refractivity contribution in [1.29, 1.82) is 0 Å². The third-order valence-electron chi connectivity index (χ3n) is 2.30. The van der Waals surface area contributed by atoms with Crippen LogP contribution < -0.4 is 11.3 Å². The molecular formula is C11H10N8S. The summed E-state index contributed by atoms with van der Waals surface area (Å²) in [6.45, 7) is 0. The van der Waals surface area contributed by atoms with Crippen LogP contribution in [0.2, 0.25) is 0 Å². The highest BCUT2D eigenvalue weighted by molar-refractivity contribution is 7.99. The molecule has 0 aliphatic heterocycles. The summed E-state index contributed by atoms with van der Waals surface area (Å²) in [5.74, 6) is 6.10. The van der Waals surface area contributed by atoms with Gasteiger partial charge in [-0.1, -0.05) is 6.07 Å². The molecule has 0 radical (unpaired) electrons. The summed E-state index contributed by atoms with van der Waals surface area (Å²) in [7, 11) is 0. The molecule has 3 N–H and O–H groups in total. The molecule has 0 aliphatic rings.